The second-order valence-corrected chi connectivity index (χ2v) is 5.66. The molecule has 1 aliphatic heterocycles. The molecule has 1 fully saturated rings. The van der Waals surface area contributed by atoms with Crippen molar-refractivity contribution in [3.05, 3.63) is 34.3 Å². The minimum absolute atomic E-state index is 0.590. The number of halogens is 1. The number of benzene rings is 1. The Morgan fingerprint density at radius 2 is 2.11 bits per heavy atom. The Kier molecular flexibility index (Phi) is 5.25. The standard InChI is InChI=1S/C15H19BrN2/c1-13-12-18(11-9-17-13)10-3-2-4-14-5-7-15(16)8-6-14/h5-8,13,17H,4,9-12H2,1H3. The molecule has 1 aromatic rings. The van der Waals surface area contributed by atoms with Crippen molar-refractivity contribution in [1.82, 2.24) is 10.2 Å². The minimum Gasteiger partial charge on any atom is -0.312 e. The predicted octanol–water partition coefficient (Wildman–Crippen LogP) is 2.29. The molecule has 1 aliphatic rings. The van der Waals surface area contributed by atoms with E-state index in [1.807, 2.05) is 0 Å². The number of nitrogens with zero attached hydrogens (tertiary/aromatic N) is 1. The maximum atomic E-state index is 3.44. The second kappa shape index (κ2) is 6.94. The third-order valence-electron chi connectivity index (χ3n) is 3.09. The van der Waals surface area contributed by atoms with Crippen LogP contribution in [0.5, 0.6) is 0 Å². The van der Waals surface area contributed by atoms with Crippen LogP contribution in [0.4, 0.5) is 0 Å². The number of hydrogen-bond acceptors (Lipinski definition) is 2. The van der Waals surface area contributed by atoms with Crippen molar-refractivity contribution in [3.63, 3.8) is 0 Å². The maximum Gasteiger partial charge on any atom is 0.0602 e. The van der Waals surface area contributed by atoms with Crippen molar-refractivity contribution in [1.29, 1.82) is 0 Å². The van der Waals surface area contributed by atoms with Gasteiger partial charge in [0.1, 0.15) is 0 Å². The predicted molar refractivity (Wildman–Crippen MR) is 79.5 cm³/mol. The smallest absolute Gasteiger partial charge is 0.0602 e. The molecule has 18 heavy (non-hydrogen) atoms. The highest BCUT2D eigenvalue weighted by atomic mass is 79.9. The first kappa shape index (κ1) is 13.6. The van der Waals surface area contributed by atoms with E-state index in [2.05, 4.69) is 69.2 Å². The molecule has 2 nitrogen and oxygen atoms in total. The van der Waals surface area contributed by atoms with Gasteiger partial charge in [0, 0.05) is 36.6 Å². The molecule has 0 aromatic heterocycles. The molecule has 1 N–H and O–H groups in total. The maximum absolute atomic E-state index is 3.44. The topological polar surface area (TPSA) is 15.3 Å². The molecule has 0 saturated carbocycles. The fourth-order valence-corrected chi connectivity index (χ4v) is 2.35. The molecule has 1 heterocycles. The van der Waals surface area contributed by atoms with E-state index >= 15 is 0 Å². The number of rotatable bonds is 2. The van der Waals surface area contributed by atoms with Crippen LogP contribution < -0.4 is 5.32 Å². The third-order valence-corrected chi connectivity index (χ3v) is 3.61. The van der Waals surface area contributed by atoms with E-state index < -0.39 is 0 Å². The van der Waals surface area contributed by atoms with Crippen molar-refractivity contribution in [2.45, 2.75) is 19.4 Å². The molecule has 1 atom stereocenters. The largest absolute Gasteiger partial charge is 0.312 e. The lowest BCUT2D eigenvalue weighted by atomic mass is 10.1. The summed E-state index contributed by atoms with van der Waals surface area (Å²) in [4.78, 5) is 2.41. The molecule has 96 valence electrons. The lowest BCUT2D eigenvalue weighted by molar-refractivity contribution is 0.229. The molecule has 1 aromatic carbocycles. The van der Waals surface area contributed by atoms with E-state index in [0.717, 1.165) is 37.1 Å². The first-order chi connectivity index (χ1) is 8.74. The van der Waals surface area contributed by atoms with Crippen LogP contribution in [0, 0.1) is 11.8 Å². The van der Waals surface area contributed by atoms with Crippen LogP contribution in [-0.4, -0.2) is 37.1 Å². The van der Waals surface area contributed by atoms with Gasteiger partial charge in [-0.25, -0.2) is 0 Å². The van der Waals surface area contributed by atoms with E-state index in [4.69, 9.17) is 0 Å². The molecule has 0 aliphatic carbocycles. The summed E-state index contributed by atoms with van der Waals surface area (Å²) in [5.74, 6) is 6.53. The van der Waals surface area contributed by atoms with E-state index in [1.54, 1.807) is 0 Å². The van der Waals surface area contributed by atoms with Crippen LogP contribution in [0.3, 0.4) is 0 Å². The molecular formula is C15H19BrN2. The Balaban J connectivity index is 1.77. The first-order valence-corrected chi connectivity index (χ1v) is 7.19. The molecular weight excluding hydrogens is 288 g/mol. The molecule has 0 amide bonds. The van der Waals surface area contributed by atoms with Gasteiger partial charge >= 0.3 is 0 Å². The number of piperazine rings is 1. The van der Waals surface area contributed by atoms with Gasteiger partial charge in [0.15, 0.2) is 0 Å². The van der Waals surface area contributed by atoms with Gasteiger partial charge in [-0.05, 0) is 24.6 Å². The SMILES string of the molecule is CC1CN(CC#CCc2ccc(Br)cc2)CCN1. The van der Waals surface area contributed by atoms with Gasteiger partial charge in [-0.15, -0.1) is 0 Å². The zero-order chi connectivity index (χ0) is 12.8. The number of nitrogens with one attached hydrogen (secondary N) is 1. The zero-order valence-electron chi connectivity index (χ0n) is 10.7. The minimum atomic E-state index is 0.590. The average molecular weight is 307 g/mol. The van der Waals surface area contributed by atoms with Crippen molar-refractivity contribution in [2.24, 2.45) is 0 Å². The summed E-state index contributed by atoms with van der Waals surface area (Å²) in [5, 5.41) is 3.44. The molecule has 1 saturated heterocycles. The van der Waals surface area contributed by atoms with Crippen LogP contribution in [0.1, 0.15) is 12.5 Å². The fraction of sp³-hybridized carbons (Fsp3) is 0.467. The average Bonchev–Trinajstić information content (AvgIpc) is 2.37. The summed E-state index contributed by atoms with van der Waals surface area (Å²) < 4.78 is 1.12. The van der Waals surface area contributed by atoms with Gasteiger partial charge in [-0.3, -0.25) is 4.90 Å². The third kappa shape index (κ3) is 4.45. The first-order valence-electron chi connectivity index (χ1n) is 6.40. The van der Waals surface area contributed by atoms with E-state index in [1.165, 1.54) is 5.56 Å². The van der Waals surface area contributed by atoms with Gasteiger partial charge in [-0.1, -0.05) is 39.9 Å². The van der Waals surface area contributed by atoms with Crippen LogP contribution in [0.25, 0.3) is 0 Å². The van der Waals surface area contributed by atoms with E-state index in [9.17, 15) is 0 Å². The molecule has 2 rings (SSSR count). The lowest BCUT2D eigenvalue weighted by Crippen LogP contribution is -2.49. The summed E-state index contributed by atoms with van der Waals surface area (Å²) in [6.45, 7) is 6.41. The molecule has 0 bridgehead atoms. The van der Waals surface area contributed by atoms with Gasteiger partial charge in [0.2, 0.25) is 0 Å². The highest BCUT2D eigenvalue weighted by Crippen LogP contribution is 2.10. The summed E-state index contributed by atoms with van der Waals surface area (Å²) >= 11 is 3.44. The lowest BCUT2D eigenvalue weighted by Gasteiger charge is -2.30. The Hall–Kier alpha value is -0.820. The molecule has 0 spiro atoms. The van der Waals surface area contributed by atoms with E-state index in [0.29, 0.717) is 6.04 Å². The van der Waals surface area contributed by atoms with Crippen molar-refractivity contribution in [3.8, 4) is 11.8 Å². The van der Waals surface area contributed by atoms with Crippen molar-refractivity contribution < 1.29 is 0 Å². The van der Waals surface area contributed by atoms with Gasteiger partial charge < -0.3 is 5.32 Å². The highest BCUT2D eigenvalue weighted by Gasteiger charge is 2.13. The van der Waals surface area contributed by atoms with Gasteiger partial charge in [0.05, 0.1) is 6.54 Å². The second-order valence-electron chi connectivity index (χ2n) is 4.75. The van der Waals surface area contributed by atoms with Crippen LogP contribution in [0.15, 0.2) is 28.7 Å². The Morgan fingerprint density at radius 1 is 1.33 bits per heavy atom. The van der Waals surface area contributed by atoms with Crippen molar-refractivity contribution >= 4 is 15.9 Å². The quantitative estimate of drug-likeness (QED) is 0.844. The van der Waals surface area contributed by atoms with Crippen LogP contribution >= 0.6 is 15.9 Å². The summed E-state index contributed by atoms with van der Waals surface area (Å²) in [6.07, 6.45) is 0.842. The zero-order valence-corrected chi connectivity index (χ0v) is 12.3. The van der Waals surface area contributed by atoms with Crippen LogP contribution in [0.2, 0.25) is 0 Å². The summed E-state index contributed by atoms with van der Waals surface area (Å²) in [6, 6.07) is 8.95. The summed E-state index contributed by atoms with van der Waals surface area (Å²) in [7, 11) is 0. The normalized spacial score (nSPS) is 20.2. The molecule has 1 unspecified atom stereocenters. The fourth-order valence-electron chi connectivity index (χ4n) is 2.09. The van der Waals surface area contributed by atoms with Gasteiger partial charge in [-0.2, -0.15) is 0 Å². The molecule has 3 heteroatoms. The Labute approximate surface area is 118 Å². The molecule has 0 radical (unpaired) electrons. The highest BCUT2D eigenvalue weighted by molar-refractivity contribution is 9.10. The van der Waals surface area contributed by atoms with E-state index in [-0.39, 0.29) is 0 Å². The van der Waals surface area contributed by atoms with Gasteiger partial charge in [0.25, 0.3) is 0 Å². The summed E-state index contributed by atoms with van der Waals surface area (Å²) in [5.41, 5.74) is 1.28. The van der Waals surface area contributed by atoms with Crippen molar-refractivity contribution in [2.75, 3.05) is 26.2 Å². The van der Waals surface area contributed by atoms with Crippen LogP contribution in [-0.2, 0) is 6.42 Å². The Bertz CT molecular complexity index is 430. The monoisotopic (exact) mass is 306 g/mol. The Morgan fingerprint density at radius 3 is 2.83 bits per heavy atom. The number of hydrogen-bond donors (Lipinski definition) is 1.